The van der Waals surface area contributed by atoms with Crippen LogP contribution in [-0.4, -0.2) is 44.0 Å². The van der Waals surface area contributed by atoms with Gasteiger partial charge in [-0.3, -0.25) is 0 Å². The maximum Gasteiger partial charge on any atom is 0.150 e. The molecular formula is C10H21NO2S2. The predicted octanol–water partition coefficient (Wildman–Crippen LogP) is 1.15. The molecule has 1 fully saturated rings. The quantitative estimate of drug-likeness (QED) is 0.769. The van der Waals surface area contributed by atoms with Crippen molar-refractivity contribution in [2.24, 2.45) is 5.92 Å². The number of nitrogens with one attached hydrogen (secondary N) is 1. The molecule has 0 bridgehead atoms. The second-order valence-corrected chi connectivity index (χ2v) is 7.53. The highest BCUT2D eigenvalue weighted by Gasteiger charge is 2.27. The van der Waals surface area contributed by atoms with Crippen LogP contribution in [0, 0.1) is 5.92 Å². The normalized spacial score (nSPS) is 27.1. The van der Waals surface area contributed by atoms with Gasteiger partial charge in [-0.2, -0.15) is 11.8 Å². The summed E-state index contributed by atoms with van der Waals surface area (Å²) in [6.07, 6.45) is 0.820. The summed E-state index contributed by atoms with van der Waals surface area (Å²) in [6.45, 7) is 4.80. The molecule has 3 nitrogen and oxygen atoms in total. The van der Waals surface area contributed by atoms with Crippen molar-refractivity contribution in [1.82, 2.24) is 5.32 Å². The van der Waals surface area contributed by atoms with Gasteiger partial charge in [0.05, 0.1) is 5.75 Å². The van der Waals surface area contributed by atoms with Gasteiger partial charge in [-0.1, -0.05) is 13.8 Å². The molecule has 0 radical (unpaired) electrons. The Morgan fingerprint density at radius 1 is 1.33 bits per heavy atom. The summed E-state index contributed by atoms with van der Waals surface area (Å²) in [5, 5.41) is 3.43. The summed E-state index contributed by atoms with van der Waals surface area (Å²) < 4.78 is 22.8. The molecule has 15 heavy (non-hydrogen) atoms. The van der Waals surface area contributed by atoms with Crippen LogP contribution in [0.2, 0.25) is 0 Å². The van der Waals surface area contributed by atoms with E-state index < -0.39 is 9.84 Å². The van der Waals surface area contributed by atoms with Crippen molar-refractivity contribution in [3.05, 3.63) is 0 Å². The van der Waals surface area contributed by atoms with E-state index in [1.807, 2.05) is 11.8 Å². The fourth-order valence-electron chi connectivity index (χ4n) is 1.85. The summed E-state index contributed by atoms with van der Waals surface area (Å²) in [6, 6.07) is 0.520. The third-order valence-electron chi connectivity index (χ3n) is 2.90. The maximum absolute atomic E-state index is 11.4. The third kappa shape index (κ3) is 4.33. The van der Waals surface area contributed by atoms with E-state index in [0.717, 1.165) is 24.5 Å². The molecule has 1 rings (SSSR count). The van der Waals surface area contributed by atoms with Crippen LogP contribution in [0.5, 0.6) is 0 Å². The Labute approximate surface area is 97.3 Å². The molecule has 5 heteroatoms. The average molecular weight is 251 g/mol. The highest BCUT2D eigenvalue weighted by atomic mass is 32.2. The Kier molecular flexibility index (Phi) is 5.43. The fraction of sp³-hybridized carbons (Fsp3) is 1.00. The van der Waals surface area contributed by atoms with E-state index in [1.165, 1.54) is 0 Å². The second-order valence-electron chi connectivity index (χ2n) is 3.99. The standard InChI is InChI=1S/C10H21NO2S2/c1-3-11-10-8-14-7-9(10)5-6-15(12,13)4-2/h9-11H,3-8H2,1-2H3. The number of sulfone groups is 1. The summed E-state index contributed by atoms with van der Waals surface area (Å²) in [4.78, 5) is 0. The number of hydrogen-bond donors (Lipinski definition) is 1. The lowest BCUT2D eigenvalue weighted by Crippen LogP contribution is -2.36. The summed E-state index contributed by atoms with van der Waals surface area (Å²) in [5.41, 5.74) is 0. The molecule has 0 amide bonds. The van der Waals surface area contributed by atoms with Crippen molar-refractivity contribution in [2.45, 2.75) is 26.3 Å². The molecule has 0 aromatic carbocycles. The highest BCUT2D eigenvalue weighted by Crippen LogP contribution is 2.27. The molecule has 0 spiro atoms. The van der Waals surface area contributed by atoms with Crippen molar-refractivity contribution >= 4 is 21.6 Å². The van der Waals surface area contributed by atoms with Crippen molar-refractivity contribution in [3.8, 4) is 0 Å². The van der Waals surface area contributed by atoms with E-state index >= 15 is 0 Å². The summed E-state index contributed by atoms with van der Waals surface area (Å²) >= 11 is 1.93. The van der Waals surface area contributed by atoms with Gasteiger partial charge < -0.3 is 5.32 Å². The van der Waals surface area contributed by atoms with Crippen LogP contribution in [0.25, 0.3) is 0 Å². The van der Waals surface area contributed by atoms with Gasteiger partial charge >= 0.3 is 0 Å². The van der Waals surface area contributed by atoms with E-state index in [0.29, 0.717) is 17.7 Å². The third-order valence-corrected chi connectivity index (χ3v) is 5.90. The molecule has 1 aliphatic rings. The highest BCUT2D eigenvalue weighted by molar-refractivity contribution is 7.99. The Bertz CT molecular complexity index is 277. The minimum Gasteiger partial charge on any atom is -0.313 e. The first kappa shape index (κ1) is 13.3. The van der Waals surface area contributed by atoms with Gasteiger partial charge in [-0.05, 0) is 24.6 Å². The molecule has 0 aromatic heterocycles. The first-order valence-electron chi connectivity index (χ1n) is 5.60. The molecule has 2 unspecified atom stereocenters. The molecule has 0 aromatic rings. The molecule has 2 atom stereocenters. The van der Waals surface area contributed by atoms with Crippen LogP contribution >= 0.6 is 11.8 Å². The van der Waals surface area contributed by atoms with Gasteiger partial charge in [0.2, 0.25) is 0 Å². The molecular weight excluding hydrogens is 230 g/mol. The first-order valence-corrected chi connectivity index (χ1v) is 8.58. The van der Waals surface area contributed by atoms with Crippen LogP contribution in [0.1, 0.15) is 20.3 Å². The van der Waals surface area contributed by atoms with Crippen molar-refractivity contribution in [1.29, 1.82) is 0 Å². The molecule has 1 saturated heterocycles. The van der Waals surface area contributed by atoms with E-state index in [2.05, 4.69) is 12.2 Å². The van der Waals surface area contributed by atoms with Crippen molar-refractivity contribution in [3.63, 3.8) is 0 Å². The fourth-order valence-corrected chi connectivity index (χ4v) is 4.28. The zero-order chi connectivity index (χ0) is 11.3. The SMILES string of the molecule is CCNC1CSCC1CCS(=O)(=O)CC. The molecule has 0 saturated carbocycles. The van der Waals surface area contributed by atoms with Crippen LogP contribution in [0.4, 0.5) is 0 Å². The topological polar surface area (TPSA) is 46.2 Å². The van der Waals surface area contributed by atoms with Gasteiger partial charge in [0, 0.05) is 17.5 Å². The monoisotopic (exact) mass is 251 g/mol. The van der Waals surface area contributed by atoms with E-state index in [9.17, 15) is 8.42 Å². The lowest BCUT2D eigenvalue weighted by Gasteiger charge is -2.18. The average Bonchev–Trinajstić information content (AvgIpc) is 2.64. The van der Waals surface area contributed by atoms with Gasteiger partial charge in [0.25, 0.3) is 0 Å². The lowest BCUT2D eigenvalue weighted by molar-refractivity contribution is 0.425. The summed E-state index contributed by atoms with van der Waals surface area (Å²) in [7, 11) is -2.78. The van der Waals surface area contributed by atoms with E-state index in [4.69, 9.17) is 0 Å². The van der Waals surface area contributed by atoms with Gasteiger partial charge in [-0.25, -0.2) is 8.42 Å². The Balaban J connectivity index is 2.37. The van der Waals surface area contributed by atoms with Crippen molar-refractivity contribution < 1.29 is 8.42 Å². The first-order chi connectivity index (χ1) is 7.09. The van der Waals surface area contributed by atoms with E-state index in [1.54, 1.807) is 6.92 Å². The minimum atomic E-state index is -2.78. The van der Waals surface area contributed by atoms with Crippen LogP contribution in [-0.2, 0) is 9.84 Å². The Hall–Kier alpha value is 0.260. The Morgan fingerprint density at radius 3 is 2.67 bits per heavy atom. The summed E-state index contributed by atoms with van der Waals surface area (Å²) in [5.74, 6) is 3.41. The van der Waals surface area contributed by atoms with Gasteiger partial charge in [-0.15, -0.1) is 0 Å². The zero-order valence-electron chi connectivity index (χ0n) is 9.53. The number of thioether (sulfide) groups is 1. The van der Waals surface area contributed by atoms with Crippen LogP contribution in [0.3, 0.4) is 0 Å². The second kappa shape index (κ2) is 6.11. The van der Waals surface area contributed by atoms with Crippen molar-refractivity contribution in [2.75, 3.05) is 29.6 Å². The number of rotatable bonds is 6. The molecule has 1 N–H and O–H groups in total. The largest absolute Gasteiger partial charge is 0.313 e. The molecule has 0 aliphatic carbocycles. The van der Waals surface area contributed by atoms with Gasteiger partial charge in [0.15, 0.2) is 0 Å². The lowest BCUT2D eigenvalue weighted by atomic mass is 10.0. The van der Waals surface area contributed by atoms with Gasteiger partial charge in [0.1, 0.15) is 9.84 Å². The molecule has 90 valence electrons. The predicted molar refractivity (Wildman–Crippen MR) is 67.2 cm³/mol. The van der Waals surface area contributed by atoms with E-state index in [-0.39, 0.29) is 5.75 Å². The smallest absolute Gasteiger partial charge is 0.150 e. The zero-order valence-corrected chi connectivity index (χ0v) is 11.2. The van der Waals surface area contributed by atoms with Crippen LogP contribution < -0.4 is 5.32 Å². The molecule has 1 heterocycles. The Morgan fingerprint density at radius 2 is 2.07 bits per heavy atom. The minimum absolute atomic E-state index is 0.277. The molecule has 1 aliphatic heterocycles. The number of hydrogen-bond acceptors (Lipinski definition) is 4. The maximum atomic E-state index is 11.4. The van der Waals surface area contributed by atoms with Crippen LogP contribution in [0.15, 0.2) is 0 Å².